The number of ether oxygens (including phenoxy) is 1. The fourth-order valence-corrected chi connectivity index (χ4v) is 5.71. The Bertz CT molecular complexity index is 1570. The number of hydrogen-bond acceptors (Lipinski definition) is 7. The highest BCUT2D eigenvalue weighted by Crippen LogP contribution is 2.32. The highest BCUT2D eigenvalue weighted by Gasteiger charge is 2.42. The van der Waals surface area contributed by atoms with Crippen molar-refractivity contribution in [3.05, 3.63) is 72.8 Å². The van der Waals surface area contributed by atoms with E-state index < -0.39 is 22.2 Å². The van der Waals surface area contributed by atoms with Gasteiger partial charge in [-0.15, -0.1) is 0 Å². The molecular formula is C25H21F3N4O5S. The summed E-state index contributed by atoms with van der Waals surface area (Å²) in [6.07, 6.45) is 0.737. The number of benzene rings is 1. The van der Waals surface area contributed by atoms with Crippen LogP contribution in [0, 0.1) is 0 Å². The molecule has 5 rings (SSSR count). The first-order chi connectivity index (χ1) is 18.1. The van der Waals surface area contributed by atoms with Gasteiger partial charge < -0.3 is 9.57 Å². The molecule has 4 heterocycles. The molecule has 13 heteroatoms. The van der Waals surface area contributed by atoms with Gasteiger partial charge in [0.05, 0.1) is 10.6 Å². The average molecular weight is 547 g/mol. The van der Waals surface area contributed by atoms with Crippen LogP contribution in [0.25, 0.3) is 22.2 Å². The predicted octanol–water partition coefficient (Wildman–Crippen LogP) is 3.98. The second-order valence-corrected chi connectivity index (χ2v) is 10.4. The van der Waals surface area contributed by atoms with Gasteiger partial charge in [-0.1, -0.05) is 12.1 Å². The molecule has 0 unspecified atom stereocenters. The molecule has 4 aromatic rings. The van der Waals surface area contributed by atoms with E-state index in [4.69, 9.17) is 4.74 Å². The van der Waals surface area contributed by atoms with Crippen molar-refractivity contribution in [1.29, 1.82) is 0 Å². The third kappa shape index (κ3) is 5.07. The zero-order chi connectivity index (χ0) is 26.9. The van der Waals surface area contributed by atoms with Crippen LogP contribution in [0.2, 0.25) is 0 Å². The first-order valence-electron chi connectivity index (χ1n) is 11.6. The molecule has 1 saturated heterocycles. The van der Waals surface area contributed by atoms with Gasteiger partial charge in [-0.3, -0.25) is 4.98 Å². The molecule has 1 aliphatic rings. The van der Waals surface area contributed by atoms with Crippen molar-refractivity contribution in [3.63, 3.8) is 0 Å². The standard InChI is InChI=1S/C25H21F3N4O5S/c26-25(27,28)24(33)37-32-18(16-36-19-7-10-29-11-8-19)15-22-21(9-12-30-23(22)32)17-3-5-20(6-4-17)38(34,35)31-13-1-2-14-31/h3-12,15H,1-2,13-14,16H2. The molecule has 198 valence electrons. The Morgan fingerprint density at radius 1 is 0.974 bits per heavy atom. The molecule has 1 aliphatic heterocycles. The lowest BCUT2D eigenvalue weighted by molar-refractivity contribution is -0.199. The topological polar surface area (TPSA) is 104 Å². The highest BCUT2D eigenvalue weighted by atomic mass is 32.2. The van der Waals surface area contributed by atoms with E-state index in [1.54, 1.807) is 30.3 Å². The summed E-state index contributed by atoms with van der Waals surface area (Å²) in [5.41, 5.74) is 1.20. The van der Waals surface area contributed by atoms with E-state index in [2.05, 4.69) is 14.8 Å². The van der Waals surface area contributed by atoms with Gasteiger partial charge in [0.25, 0.3) is 0 Å². The second-order valence-electron chi connectivity index (χ2n) is 8.51. The lowest BCUT2D eigenvalue weighted by Gasteiger charge is -2.15. The molecule has 38 heavy (non-hydrogen) atoms. The van der Waals surface area contributed by atoms with Gasteiger partial charge in [0.2, 0.25) is 10.0 Å². The zero-order valence-corrected chi connectivity index (χ0v) is 20.6. The number of carbonyl (C=O) groups excluding carboxylic acids is 1. The zero-order valence-electron chi connectivity index (χ0n) is 19.8. The molecule has 1 aromatic carbocycles. The molecule has 0 spiro atoms. The van der Waals surface area contributed by atoms with Crippen LogP contribution in [-0.2, 0) is 21.4 Å². The van der Waals surface area contributed by atoms with Gasteiger partial charge in [-0.25, -0.2) is 18.2 Å². The van der Waals surface area contributed by atoms with Crippen molar-refractivity contribution < 1.29 is 36.0 Å². The van der Waals surface area contributed by atoms with E-state index in [1.807, 2.05) is 0 Å². The van der Waals surface area contributed by atoms with Gasteiger partial charge in [0.15, 0.2) is 5.65 Å². The van der Waals surface area contributed by atoms with E-state index >= 15 is 0 Å². The Labute approximate surface area is 215 Å². The van der Waals surface area contributed by atoms with Crippen LogP contribution < -0.4 is 9.57 Å². The predicted molar refractivity (Wildman–Crippen MR) is 129 cm³/mol. The maximum Gasteiger partial charge on any atom is 0.493 e. The molecule has 1 fully saturated rings. The molecule has 0 N–H and O–H groups in total. The SMILES string of the molecule is O=C(On1c(COc2ccncc2)cc2c(-c3ccc(S(=O)(=O)N4CCCC4)cc3)ccnc21)C(F)(F)F. The Morgan fingerprint density at radius 2 is 1.66 bits per heavy atom. The van der Waals surface area contributed by atoms with Crippen molar-refractivity contribution >= 4 is 27.0 Å². The maximum absolute atomic E-state index is 13.0. The molecule has 0 saturated carbocycles. The first kappa shape index (κ1) is 25.7. The molecule has 0 amide bonds. The summed E-state index contributed by atoms with van der Waals surface area (Å²) in [5.74, 6) is -2.01. The maximum atomic E-state index is 13.0. The molecule has 3 aromatic heterocycles. The van der Waals surface area contributed by atoms with Crippen molar-refractivity contribution in [1.82, 2.24) is 19.0 Å². The van der Waals surface area contributed by atoms with Crippen molar-refractivity contribution in [2.45, 2.75) is 30.5 Å². The van der Waals surface area contributed by atoms with E-state index in [1.165, 1.54) is 41.1 Å². The van der Waals surface area contributed by atoms with Gasteiger partial charge in [-0.05, 0) is 60.4 Å². The average Bonchev–Trinajstić information content (AvgIpc) is 3.57. The Kier molecular flexibility index (Phi) is 6.80. The summed E-state index contributed by atoms with van der Waals surface area (Å²) in [4.78, 5) is 24.5. The van der Waals surface area contributed by atoms with Crippen molar-refractivity contribution in [3.8, 4) is 16.9 Å². The van der Waals surface area contributed by atoms with Gasteiger partial charge in [0.1, 0.15) is 12.4 Å². The second kappa shape index (κ2) is 10.1. The number of hydrogen-bond donors (Lipinski definition) is 0. The highest BCUT2D eigenvalue weighted by molar-refractivity contribution is 7.89. The lowest BCUT2D eigenvalue weighted by atomic mass is 10.0. The van der Waals surface area contributed by atoms with Gasteiger partial charge in [0, 0.05) is 37.1 Å². The summed E-state index contributed by atoms with van der Waals surface area (Å²) in [7, 11) is -3.61. The molecule has 0 atom stereocenters. The molecule has 9 nitrogen and oxygen atoms in total. The monoisotopic (exact) mass is 546 g/mol. The smallest absolute Gasteiger partial charge is 0.487 e. The van der Waals surface area contributed by atoms with Gasteiger partial charge >= 0.3 is 12.1 Å². The van der Waals surface area contributed by atoms with Crippen LogP contribution in [0.4, 0.5) is 13.2 Å². The Morgan fingerprint density at radius 3 is 2.32 bits per heavy atom. The number of nitrogens with zero attached hydrogens (tertiary/aromatic N) is 4. The lowest BCUT2D eigenvalue weighted by Crippen LogP contribution is -2.34. The van der Waals surface area contributed by atoms with E-state index in [-0.39, 0.29) is 22.8 Å². The number of carbonyl (C=O) groups is 1. The van der Waals surface area contributed by atoms with E-state index in [0.717, 1.165) is 12.8 Å². The van der Waals surface area contributed by atoms with Crippen LogP contribution in [-0.4, -0.2) is 52.7 Å². The summed E-state index contributed by atoms with van der Waals surface area (Å²) >= 11 is 0. The van der Waals surface area contributed by atoms with Crippen LogP contribution in [0.1, 0.15) is 18.5 Å². The minimum Gasteiger partial charge on any atom is -0.487 e. The number of fused-ring (bicyclic) bond motifs is 1. The van der Waals surface area contributed by atoms with Crippen LogP contribution in [0.15, 0.2) is 72.0 Å². The third-order valence-corrected chi connectivity index (χ3v) is 7.96. The number of aromatic nitrogens is 3. The Hall–Kier alpha value is -3.97. The molecular weight excluding hydrogens is 525 g/mol. The quantitative estimate of drug-likeness (QED) is 0.346. The van der Waals surface area contributed by atoms with E-state index in [9.17, 15) is 26.4 Å². The summed E-state index contributed by atoms with van der Waals surface area (Å²) in [6, 6.07) is 12.5. The van der Waals surface area contributed by atoms with Crippen LogP contribution >= 0.6 is 0 Å². The molecule has 0 aliphatic carbocycles. The summed E-state index contributed by atoms with van der Waals surface area (Å²) in [6.45, 7) is 0.713. The van der Waals surface area contributed by atoms with E-state index in [0.29, 0.717) is 40.1 Å². The number of alkyl halides is 3. The van der Waals surface area contributed by atoms with Crippen LogP contribution in [0.3, 0.4) is 0 Å². The Balaban J connectivity index is 1.53. The molecule has 0 bridgehead atoms. The number of sulfonamides is 1. The van der Waals surface area contributed by atoms with Crippen LogP contribution in [0.5, 0.6) is 5.75 Å². The summed E-state index contributed by atoms with van der Waals surface area (Å²) < 4.78 is 72.6. The van der Waals surface area contributed by atoms with Crippen molar-refractivity contribution in [2.24, 2.45) is 0 Å². The third-order valence-electron chi connectivity index (χ3n) is 6.04. The first-order valence-corrected chi connectivity index (χ1v) is 13.0. The fourth-order valence-electron chi connectivity index (χ4n) is 4.19. The minimum absolute atomic E-state index is 0.0396. The normalized spacial score (nSPS) is 14.6. The van der Waals surface area contributed by atoms with Crippen molar-refractivity contribution in [2.75, 3.05) is 13.1 Å². The fraction of sp³-hybridized carbons (Fsp3) is 0.240. The minimum atomic E-state index is -5.23. The largest absolute Gasteiger partial charge is 0.493 e. The van der Waals surface area contributed by atoms with Gasteiger partial charge in [-0.2, -0.15) is 22.2 Å². The summed E-state index contributed by atoms with van der Waals surface area (Å²) in [5, 5.41) is 0.381. The number of pyridine rings is 2. The molecule has 0 radical (unpaired) electrons. The number of rotatable bonds is 7. The number of halogens is 3.